The number of aliphatic hydroxyl groups is 3. The number of nitrogens with one attached hydrogen (secondary N) is 1. The van der Waals surface area contributed by atoms with Crippen LogP contribution in [0.5, 0.6) is 0 Å². The zero-order chi connectivity index (χ0) is 34.4. The van der Waals surface area contributed by atoms with Gasteiger partial charge in [-0.15, -0.1) is 11.8 Å². The minimum Gasteiger partial charge on any atom is -0.390 e. The number of hydrogen-bond donors (Lipinski definition) is 4. The van der Waals surface area contributed by atoms with Gasteiger partial charge in [0.25, 0.3) is 0 Å². The summed E-state index contributed by atoms with van der Waals surface area (Å²) >= 11 is 1.54. The van der Waals surface area contributed by atoms with Crippen molar-refractivity contribution >= 4 is 41.0 Å². The third-order valence-electron chi connectivity index (χ3n) is 12.1. The molecule has 10 nitrogen and oxygen atoms in total. The molecule has 1 saturated heterocycles. The number of amides is 3. The van der Waals surface area contributed by atoms with Gasteiger partial charge in [-0.25, -0.2) is 9.82 Å². The van der Waals surface area contributed by atoms with Crippen molar-refractivity contribution in [3.8, 4) is 0 Å². The summed E-state index contributed by atoms with van der Waals surface area (Å²) < 4.78 is 17.5. The van der Waals surface area contributed by atoms with Gasteiger partial charge in [0.1, 0.15) is 12.2 Å². The number of imide groups is 1. The van der Waals surface area contributed by atoms with Crippen molar-refractivity contribution in [2.45, 2.75) is 115 Å². The van der Waals surface area contributed by atoms with Crippen LogP contribution in [0, 0.1) is 28.6 Å². The summed E-state index contributed by atoms with van der Waals surface area (Å²) in [4.78, 5) is 51.4. The Morgan fingerprint density at radius 2 is 1.94 bits per heavy atom. The highest BCUT2D eigenvalue weighted by Gasteiger charge is 2.75. The molecule has 1 heterocycles. The lowest BCUT2D eigenvalue weighted by Crippen LogP contribution is -2.69. The Morgan fingerprint density at radius 3 is 2.64 bits per heavy atom. The maximum absolute atomic E-state index is 17.5. The molecule has 4 aliphatic carbocycles. The van der Waals surface area contributed by atoms with Crippen LogP contribution in [0.25, 0.3) is 0 Å². The largest absolute Gasteiger partial charge is 0.390 e. The molecule has 47 heavy (non-hydrogen) atoms. The number of allylic oxidation sites excluding steroid dienone is 4. The van der Waals surface area contributed by atoms with Gasteiger partial charge >= 0.3 is 0 Å². The molecule has 0 aromatic heterocycles. The van der Waals surface area contributed by atoms with Crippen LogP contribution >= 0.6 is 11.8 Å². The quantitative estimate of drug-likeness (QED) is 0.139. The molecule has 5 aliphatic rings. The minimum atomic E-state index is -2.04. The zero-order valence-electron chi connectivity index (χ0n) is 28.0. The number of carbonyl (C=O) groups is 4. The number of hydrazone groups is 1. The number of unbranched alkanes of at least 4 members (excludes halogenated alkanes) is 2. The van der Waals surface area contributed by atoms with E-state index < -0.39 is 52.4 Å². The highest BCUT2D eigenvalue weighted by atomic mass is 32.2. The van der Waals surface area contributed by atoms with E-state index in [-0.39, 0.29) is 48.2 Å². The topological polar surface area (TPSA) is 157 Å². The summed E-state index contributed by atoms with van der Waals surface area (Å²) in [7, 11) is 0. The van der Waals surface area contributed by atoms with E-state index in [1.807, 2.05) is 6.92 Å². The number of rotatable bonds is 12. The van der Waals surface area contributed by atoms with E-state index in [4.69, 9.17) is 0 Å². The van der Waals surface area contributed by atoms with Crippen LogP contribution in [0.2, 0.25) is 0 Å². The lowest BCUT2D eigenvalue weighted by molar-refractivity contribution is -0.219. The van der Waals surface area contributed by atoms with Gasteiger partial charge in [-0.1, -0.05) is 38.8 Å². The molecule has 0 radical (unpaired) electrons. The van der Waals surface area contributed by atoms with Gasteiger partial charge in [0.05, 0.1) is 17.1 Å². The molecule has 0 aromatic rings. The summed E-state index contributed by atoms with van der Waals surface area (Å²) in [6, 6.07) is 0. The highest BCUT2D eigenvalue weighted by Crippen LogP contribution is 2.70. The summed E-state index contributed by atoms with van der Waals surface area (Å²) in [6.45, 7) is 6.90. The number of alkyl halides is 1. The van der Waals surface area contributed by atoms with E-state index in [2.05, 4.69) is 10.5 Å². The second-order valence-electron chi connectivity index (χ2n) is 14.7. The standard InChI is InChI=1S/C35H50FN3O7S/c1-5-15-47-26-18-30(44)39(31(26)45)14-8-6-7-9-29(43)38-37-23-12-13-32(3)22(17-23)10-11-24-25-16-21(2)35(46,28(42)20-40)33(25,4)19-27(41)34(24,32)36/h12-13,17,21,24-27,40-41,46H,5-11,14-16,18-20H2,1-4H3,(H,38,43)/b37-23-/t21-,24+,25+,26?,27+,32+,33+,34+,35+/m1/s1. The summed E-state index contributed by atoms with van der Waals surface area (Å²) in [6.07, 6.45) is 8.33. The molecule has 12 heteroatoms. The molecule has 9 atom stereocenters. The van der Waals surface area contributed by atoms with E-state index in [9.17, 15) is 34.5 Å². The molecule has 4 fully saturated rings. The van der Waals surface area contributed by atoms with Crippen molar-refractivity contribution in [1.82, 2.24) is 10.3 Å². The van der Waals surface area contributed by atoms with Gasteiger partial charge in [0.15, 0.2) is 11.5 Å². The molecule has 260 valence electrons. The minimum absolute atomic E-state index is 0.103. The van der Waals surface area contributed by atoms with Gasteiger partial charge in [0, 0.05) is 36.1 Å². The Labute approximate surface area is 280 Å². The van der Waals surface area contributed by atoms with Gasteiger partial charge in [-0.2, -0.15) is 5.10 Å². The summed E-state index contributed by atoms with van der Waals surface area (Å²) in [5.41, 5.74) is -2.27. The number of nitrogens with zero attached hydrogens (tertiary/aromatic N) is 2. The van der Waals surface area contributed by atoms with Crippen molar-refractivity contribution < 1.29 is 38.9 Å². The van der Waals surface area contributed by atoms with E-state index in [1.54, 1.807) is 39.0 Å². The molecular weight excluding hydrogens is 625 g/mol. The molecule has 1 aliphatic heterocycles. The van der Waals surface area contributed by atoms with E-state index in [0.717, 1.165) is 17.7 Å². The molecular formula is C35H50FN3O7S. The lowest BCUT2D eigenvalue weighted by Gasteiger charge is -2.62. The van der Waals surface area contributed by atoms with Crippen LogP contribution in [0.3, 0.4) is 0 Å². The van der Waals surface area contributed by atoms with Crippen molar-refractivity contribution in [3.05, 3.63) is 23.8 Å². The van der Waals surface area contributed by atoms with Crippen LogP contribution in [-0.2, 0) is 19.2 Å². The third kappa shape index (κ3) is 5.74. The first-order valence-electron chi connectivity index (χ1n) is 17.1. The van der Waals surface area contributed by atoms with E-state index >= 15 is 4.39 Å². The number of halogens is 1. The molecule has 3 saturated carbocycles. The van der Waals surface area contributed by atoms with Gasteiger partial charge in [-0.3, -0.25) is 24.1 Å². The molecule has 0 spiro atoms. The number of likely N-dealkylation sites (tertiary alicyclic amines) is 1. The van der Waals surface area contributed by atoms with Crippen LogP contribution < -0.4 is 5.43 Å². The number of carbonyl (C=O) groups excluding carboxylic acids is 4. The average molecular weight is 676 g/mol. The molecule has 0 aromatic carbocycles. The second kappa shape index (κ2) is 13.5. The predicted molar refractivity (Wildman–Crippen MR) is 177 cm³/mol. The smallest absolute Gasteiger partial charge is 0.242 e. The predicted octanol–water partition coefficient (Wildman–Crippen LogP) is 3.63. The fourth-order valence-corrected chi connectivity index (χ4v) is 10.6. The van der Waals surface area contributed by atoms with Crippen molar-refractivity contribution in [1.29, 1.82) is 0 Å². The van der Waals surface area contributed by atoms with Crippen LogP contribution in [0.4, 0.5) is 4.39 Å². The van der Waals surface area contributed by atoms with Gasteiger partial charge in [0.2, 0.25) is 17.7 Å². The Morgan fingerprint density at radius 1 is 1.19 bits per heavy atom. The SMILES string of the molecule is CCCSC1CC(=O)N(CCCCCC(=O)N/N=C2/C=C[C@@]3(C)C(=C2)CC[C@H]2[C@@H]4C[C@@H](C)[C@](O)(C(=O)CO)[C@@]4(C)C[C@H](O)[C@@]23F)C1=O. The lowest BCUT2D eigenvalue weighted by atomic mass is 9.44. The Bertz CT molecular complexity index is 1390. The van der Waals surface area contributed by atoms with Crippen LogP contribution in [0.1, 0.15) is 91.9 Å². The molecule has 3 amide bonds. The number of aliphatic hydroxyl groups excluding tert-OH is 2. The monoisotopic (exact) mass is 675 g/mol. The van der Waals surface area contributed by atoms with Crippen LogP contribution in [-0.4, -0.2) is 91.0 Å². The number of ketones is 1. The molecule has 4 N–H and O–H groups in total. The number of Topliss-reactive ketones (excluding diaryl/α,β-unsaturated/α-hetero) is 1. The van der Waals surface area contributed by atoms with Gasteiger partial charge < -0.3 is 15.3 Å². The first-order valence-corrected chi connectivity index (χ1v) is 18.2. The van der Waals surface area contributed by atoms with Crippen molar-refractivity contribution in [3.63, 3.8) is 0 Å². The van der Waals surface area contributed by atoms with Gasteiger partial charge in [-0.05, 0) is 81.6 Å². The maximum atomic E-state index is 17.5. The number of fused-ring (bicyclic) bond motifs is 5. The molecule has 0 bridgehead atoms. The number of thioether (sulfide) groups is 1. The Hall–Kier alpha value is -2.41. The first kappa shape index (κ1) is 35.9. The molecule has 1 unspecified atom stereocenters. The highest BCUT2D eigenvalue weighted by molar-refractivity contribution is 8.00. The maximum Gasteiger partial charge on any atom is 0.242 e. The fourth-order valence-electron chi connectivity index (χ4n) is 9.53. The van der Waals surface area contributed by atoms with Crippen molar-refractivity contribution in [2.75, 3.05) is 18.9 Å². The Balaban J connectivity index is 1.16. The Kier molecular flexibility index (Phi) is 10.3. The summed E-state index contributed by atoms with van der Waals surface area (Å²) in [5, 5.41) is 36.8. The summed E-state index contributed by atoms with van der Waals surface area (Å²) in [5.74, 6) is -1.77. The normalized spacial score (nSPS) is 40.3. The first-order chi connectivity index (χ1) is 22.2. The number of hydrogen-bond acceptors (Lipinski definition) is 9. The van der Waals surface area contributed by atoms with E-state index in [0.29, 0.717) is 50.8 Å². The molecule has 5 rings (SSSR count). The van der Waals surface area contributed by atoms with Crippen LogP contribution in [0.15, 0.2) is 28.9 Å². The van der Waals surface area contributed by atoms with Crippen molar-refractivity contribution in [2.24, 2.45) is 33.7 Å². The fraction of sp³-hybridized carbons (Fsp3) is 0.743. The third-order valence-corrected chi connectivity index (χ3v) is 13.5. The zero-order valence-corrected chi connectivity index (χ0v) is 28.8. The second-order valence-corrected chi connectivity index (χ2v) is 16.0. The average Bonchev–Trinajstić information content (AvgIpc) is 3.42. The van der Waals surface area contributed by atoms with E-state index in [1.165, 1.54) is 16.7 Å².